The van der Waals surface area contributed by atoms with Crippen molar-refractivity contribution in [2.45, 2.75) is 6.92 Å². The molecule has 0 spiro atoms. The van der Waals surface area contributed by atoms with Gasteiger partial charge < -0.3 is 0 Å². The topological polar surface area (TPSA) is 17.8 Å². The Morgan fingerprint density at radius 1 is 1.42 bits per heavy atom. The van der Waals surface area contributed by atoms with Gasteiger partial charge >= 0.3 is 0 Å². The van der Waals surface area contributed by atoms with Crippen LogP contribution in [0.25, 0.3) is 10.9 Å². The standard InChI is InChI=1S/C9H9ClN2/c1-6-3-7-5-12(2)11-9(7)4-8(6)10/h3-5H,1-2H3. The van der Waals surface area contributed by atoms with Crippen LogP contribution in [0.3, 0.4) is 0 Å². The van der Waals surface area contributed by atoms with Gasteiger partial charge in [-0.3, -0.25) is 4.68 Å². The highest BCUT2D eigenvalue weighted by Gasteiger charge is 2.01. The van der Waals surface area contributed by atoms with Gasteiger partial charge in [0.15, 0.2) is 0 Å². The maximum Gasteiger partial charge on any atom is 0.0938 e. The van der Waals surface area contributed by atoms with E-state index in [-0.39, 0.29) is 0 Å². The van der Waals surface area contributed by atoms with Gasteiger partial charge in [-0.15, -0.1) is 0 Å². The first-order valence-corrected chi connectivity index (χ1v) is 4.14. The first-order valence-electron chi connectivity index (χ1n) is 3.76. The van der Waals surface area contributed by atoms with Crippen LogP contribution >= 0.6 is 11.6 Å². The van der Waals surface area contributed by atoms with E-state index in [1.54, 1.807) is 4.68 Å². The highest BCUT2D eigenvalue weighted by atomic mass is 35.5. The van der Waals surface area contributed by atoms with E-state index < -0.39 is 0 Å². The number of hydrogen-bond donors (Lipinski definition) is 0. The second-order valence-electron chi connectivity index (χ2n) is 2.96. The highest BCUT2D eigenvalue weighted by molar-refractivity contribution is 6.32. The van der Waals surface area contributed by atoms with E-state index in [9.17, 15) is 0 Å². The molecule has 12 heavy (non-hydrogen) atoms. The molecule has 0 unspecified atom stereocenters. The van der Waals surface area contributed by atoms with Gasteiger partial charge in [-0.05, 0) is 24.6 Å². The van der Waals surface area contributed by atoms with E-state index in [2.05, 4.69) is 5.10 Å². The quantitative estimate of drug-likeness (QED) is 0.609. The van der Waals surface area contributed by atoms with Crippen molar-refractivity contribution in [3.8, 4) is 0 Å². The van der Waals surface area contributed by atoms with Crippen molar-refractivity contribution in [3.05, 3.63) is 28.9 Å². The Kier molecular flexibility index (Phi) is 1.58. The molecule has 3 heteroatoms. The average Bonchev–Trinajstić information content (AvgIpc) is 2.30. The lowest BCUT2D eigenvalue weighted by Gasteiger charge is -1.94. The Labute approximate surface area is 75.8 Å². The van der Waals surface area contributed by atoms with Gasteiger partial charge in [-0.1, -0.05) is 11.6 Å². The van der Waals surface area contributed by atoms with Crippen LogP contribution in [0.4, 0.5) is 0 Å². The van der Waals surface area contributed by atoms with E-state index in [0.717, 1.165) is 21.5 Å². The van der Waals surface area contributed by atoms with Gasteiger partial charge in [0, 0.05) is 23.7 Å². The van der Waals surface area contributed by atoms with Crippen LogP contribution in [0.5, 0.6) is 0 Å². The third kappa shape index (κ3) is 1.08. The van der Waals surface area contributed by atoms with Crippen molar-refractivity contribution in [1.82, 2.24) is 9.78 Å². The number of aromatic nitrogens is 2. The maximum atomic E-state index is 5.95. The SMILES string of the molecule is Cc1cc2cn(C)nc2cc1Cl. The minimum atomic E-state index is 0.779. The number of aryl methyl sites for hydroxylation is 2. The summed E-state index contributed by atoms with van der Waals surface area (Å²) in [5, 5.41) is 6.16. The van der Waals surface area contributed by atoms with Crippen LogP contribution < -0.4 is 0 Å². The fourth-order valence-electron chi connectivity index (χ4n) is 1.28. The fourth-order valence-corrected chi connectivity index (χ4v) is 1.44. The molecule has 1 aromatic carbocycles. The number of halogens is 1. The lowest BCUT2D eigenvalue weighted by Crippen LogP contribution is -1.84. The summed E-state index contributed by atoms with van der Waals surface area (Å²) >= 11 is 5.95. The molecule has 0 amide bonds. The molecule has 2 aromatic rings. The first kappa shape index (κ1) is 7.62. The van der Waals surface area contributed by atoms with Crippen molar-refractivity contribution in [2.75, 3.05) is 0 Å². The summed E-state index contributed by atoms with van der Waals surface area (Å²) in [4.78, 5) is 0. The molecule has 0 atom stereocenters. The predicted molar refractivity (Wildman–Crippen MR) is 50.5 cm³/mol. The Morgan fingerprint density at radius 2 is 2.17 bits per heavy atom. The third-order valence-electron chi connectivity index (χ3n) is 1.90. The molecule has 0 saturated carbocycles. The lowest BCUT2D eigenvalue weighted by atomic mass is 10.2. The van der Waals surface area contributed by atoms with Crippen molar-refractivity contribution >= 4 is 22.5 Å². The Morgan fingerprint density at radius 3 is 2.92 bits per heavy atom. The van der Waals surface area contributed by atoms with Crippen molar-refractivity contribution < 1.29 is 0 Å². The van der Waals surface area contributed by atoms with Crippen LogP contribution in [0.1, 0.15) is 5.56 Å². The van der Waals surface area contributed by atoms with Crippen LogP contribution in [-0.2, 0) is 7.05 Å². The van der Waals surface area contributed by atoms with Gasteiger partial charge in [0.05, 0.1) is 5.52 Å². The fraction of sp³-hybridized carbons (Fsp3) is 0.222. The summed E-state index contributed by atoms with van der Waals surface area (Å²) in [6, 6.07) is 3.94. The number of hydrogen-bond acceptors (Lipinski definition) is 1. The average molecular weight is 181 g/mol. The highest BCUT2D eigenvalue weighted by Crippen LogP contribution is 2.21. The molecule has 62 valence electrons. The summed E-state index contributed by atoms with van der Waals surface area (Å²) < 4.78 is 1.79. The van der Waals surface area contributed by atoms with Gasteiger partial charge in [0.1, 0.15) is 0 Å². The van der Waals surface area contributed by atoms with Crippen LogP contribution in [0, 0.1) is 6.92 Å². The van der Waals surface area contributed by atoms with Gasteiger partial charge in [0.25, 0.3) is 0 Å². The smallest absolute Gasteiger partial charge is 0.0938 e. The van der Waals surface area contributed by atoms with E-state index in [1.807, 2.05) is 32.3 Å². The molecule has 0 aliphatic heterocycles. The second kappa shape index (κ2) is 2.49. The molecule has 0 radical (unpaired) electrons. The zero-order valence-corrected chi connectivity index (χ0v) is 7.76. The first-order chi connectivity index (χ1) is 5.66. The number of rotatable bonds is 0. The number of nitrogens with zero attached hydrogens (tertiary/aromatic N) is 2. The van der Waals surface area contributed by atoms with Crippen LogP contribution in [-0.4, -0.2) is 9.78 Å². The van der Waals surface area contributed by atoms with Crippen LogP contribution in [0.15, 0.2) is 18.3 Å². The third-order valence-corrected chi connectivity index (χ3v) is 2.31. The van der Waals surface area contributed by atoms with Gasteiger partial charge in [-0.25, -0.2) is 0 Å². The van der Waals surface area contributed by atoms with Crippen molar-refractivity contribution in [3.63, 3.8) is 0 Å². The zero-order chi connectivity index (χ0) is 8.72. The molecular formula is C9H9ClN2. The van der Waals surface area contributed by atoms with Crippen LogP contribution in [0.2, 0.25) is 5.02 Å². The lowest BCUT2D eigenvalue weighted by molar-refractivity contribution is 0.780. The number of fused-ring (bicyclic) bond motifs is 1. The van der Waals surface area contributed by atoms with Gasteiger partial charge in [-0.2, -0.15) is 5.10 Å². The molecule has 0 saturated heterocycles. The monoisotopic (exact) mass is 180 g/mol. The van der Waals surface area contributed by atoms with Gasteiger partial charge in [0.2, 0.25) is 0 Å². The zero-order valence-electron chi connectivity index (χ0n) is 7.00. The summed E-state index contributed by atoms with van der Waals surface area (Å²) in [5.74, 6) is 0. The minimum Gasteiger partial charge on any atom is -0.275 e. The summed E-state index contributed by atoms with van der Waals surface area (Å²) in [6.07, 6.45) is 1.98. The van der Waals surface area contributed by atoms with Crippen molar-refractivity contribution in [1.29, 1.82) is 0 Å². The van der Waals surface area contributed by atoms with E-state index in [1.165, 1.54) is 0 Å². The molecule has 2 rings (SSSR count). The van der Waals surface area contributed by atoms with Crippen molar-refractivity contribution in [2.24, 2.45) is 7.05 Å². The van der Waals surface area contributed by atoms with E-state index in [4.69, 9.17) is 11.6 Å². The Hall–Kier alpha value is -1.02. The summed E-state index contributed by atoms with van der Waals surface area (Å²) in [5.41, 5.74) is 2.05. The molecule has 2 nitrogen and oxygen atoms in total. The molecular weight excluding hydrogens is 172 g/mol. The summed E-state index contributed by atoms with van der Waals surface area (Å²) in [6.45, 7) is 1.99. The van der Waals surface area contributed by atoms with E-state index in [0.29, 0.717) is 0 Å². The molecule has 0 fully saturated rings. The predicted octanol–water partition coefficient (Wildman–Crippen LogP) is 2.54. The summed E-state index contributed by atoms with van der Waals surface area (Å²) in [7, 11) is 1.91. The maximum absolute atomic E-state index is 5.95. The number of benzene rings is 1. The Balaban J connectivity index is 2.83. The molecule has 1 heterocycles. The molecule has 0 bridgehead atoms. The molecule has 0 N–H and O–H groups in total. The normalized spacial score (nSPS) is 10.9. The Bertz CT molecular complexity index is 392. The molecule has 1 aromatic heterocycles. The largest absolute Gasteiger partial charge is 0.275 e. The minimum absolute atomic E-state index is 0.779. The van der Waals surface area contributed by atoms with E-state index >= 15 is 0 Å². The second-order valence-corrected chi connectivity index (χ2v) is 3.37. The molecule has 0 aliphatic carbocycles. The molecule has 0 aliphatic rings.